The molecule has 1 aromatic carbocycles. The van der Waals surface area contributed by atoms with Crippen LogP contribution in [0.15, 0.2) is 29.2 Å². The first-order valence-corrected chi connectivity index (χ1v) is 7.35. The fourth-order valence-electron chi connectivity index (χ4n) is 1.85. The smallest absolute Gasteiger partial charge is 0.293 e. The maximum absolute atomic E-state index is 12.2. The highest BCUT2D eigenvalue weighted by Crippen LogP contribution is 2.31. The van der Waals surface area contributed by atoms with Crippen LogP contribution in [-0.4, -0.2) is 35.0 Å². The summed E-state index contributed by atoms with van der Waals surface area (Å²) in [5, 5.41) is 2.27. The molecule has 1 aromatic rings. The van der Waals surface area contributed by atoms with Crippen LogP contribution in [0.25, 0.3) is 6.08 Å². The zero-order valence-corrected chi connectivity index (χ0v) is 12.7. The molecule has 1 heterocycles. The zero-order valence-electron chi connectivity index (χ0n) is 11.9. The molecule has 0 unspecified atom stereocenters. The van der Waals surface area contributed by atoms with E-state index in [2.05, 4.69) is 5.32 Å². The van der Waals surface area contributed by atoms with Crippen molar-refractivity contribution >= 4 is 34.9 Å². The Bertz CT molecular complexity index is 608. The molecule has 110 valence electrons. The van der Waals surface area contributed by atoms with Gasteiger partial charge in [-0.3, -0.25) is 19.3 Å². The van der Waals surface area contributed by atoms with Crippen molar-refractivity contribution in [1.82, 2.24) is 10.2 Å². The Morgan fingerprint density at radius 3 is 2.57 bits per heavy atom. The van der Waals surface area contributed by atoms with Gasteiger partial charge in [-0.25, -0.2) is 0 Å². The Morgan fingerprint density at radius 2 is 1.95 bits per heavy atom. The molecule has 1 N–H and O–H groups in total. The lowest BCUT2D eigenvalue weighted by Crippen LogP contribution is -2.36. The average Bonchev–Trinajstić information content (AvgIpc) is 2.68. The Hall–Kier alpha value is -2.08. The fourth-order valence-corrected chi connectivity index (χ4v) is 2.72. The average molecular weight is 304 g/mol. The summed E-state index contributed by atoms with van der Waals surface area (Å²) < 4.78 is 0. The van der Waals surface area contributed by atoms with E-state index in [-0.39, 0.29) is 30.1 Å². The van der Waals surface area contributed by atoms with Gasteiger partial charge in [0.15, 0.2) is 0 Å². The number of aryl methyl sites for hydroxylation is 1. The predicted octanol–water partition coefficient (Wildman–Crippen LogP) is 2.17. The summed E-state index contributed by atoms with van der Waals surface area (Å²) >= 11 is 0.925. The van der Waals surface area contributed by atoms with Crippen LogP contribution >= 0.6 is 11.8 Å². The van der Waals surface area contributed by atoms with Gasteiger partial charge in [-0.2, -0.15) is 0 Å². The van der Waals surface area contributed by atoms with E-state index >= 15 is 0 Å². The molecule has 0 saturated carbocycles. The lowest BCUT2D eigenvalue weighted by atomic mass is 10.1. The molecule has 1 aliphatic heterocycles. The van der Waals surface area contributed by atoms with E-state index < -0.39 is 0 Å². The summed E-state index contributed by atoms with van der Waals surface area (Å²) in [4.78, 5) is 36.4. The normalized spacial score (nSPS) is 16.7. The topological polar surface area (TPSA) is 66.5 Å². The third-order valence-corrected chi connectivity index (χ3v) is 3.87. The van der Waals surface area contributed by atoms with Gasteiger partial charge in [0.05, 0.1) is 4.91 Å². The van der Waals surface area contributed by atoms with Crippen LogP contribution in [0.3, 0.4) is 0 Å². The van der Waals surface area contributed by atoms with E-state index in [1.54, 1.807) is 6.08 Å². The van der Waals surface area contributed by atoms with Gasteiger partial charge in [0.25, 0.3) is 11.1 Å². The second-order valence-electron chi connectivity index (χ2n) is 4.73. The number of hydrogen-bond acceptors (Lipinski definition) is 4. The fraction of sp³-hybridized carbons (Fsp3) is 0.267. The van der Waals surface area contributed by atoms with Crippen LogP contribution in [-0.2, 0) is 9.59 Å². The number of carbonyl (C=O) groups excluding carboxylic acids is 3. The molecule has 5 nitrogen and oxygen atoms in total. The molecule has 2 rings (SSSR count). The van der Waals surface area contributed by atoms with E-state index in [1.165, 1.54) is 6.92 Å². The molecule has 1 aliphatic rings. The van der Waals surface area contributed by atoms with Crippen molar-refractivity contribution in [1.29, 1.82) is 0 Å². The molecule has 0 spiro atoms. The van der Waals surface area contributed by atoms with E-state index in [0.29, 0.717) is 4.91 Å². The number of hydrogen-bond donors (Lipinski definition) is 1. The van der Waals surface area contributed by atoms with E-state index in [9.17, 15) is 14.4 Å². The van der Waals surface area contributed by atoms with Gasteiger partial charge in [0, 0.05) is 20.0 Å². The minimum absolute atomic E-state index is 0.183. The molecule has 6 heteroatoms. The van der Waals surface area contributed by atoms with Gasteiger partial charge < -0.3 is 5.32 Å². The third kappa shape index (κ3) is 3.95. The maximum atomic E-state index is 12.2. The molecule has 0 radical (unpaired) electrons. The van der Waals surface area contributed by atoms with Gasteiger partial charge in [-0.15, -0.1) is 0 Å². The Labute approximate surface area is 127 Å². The summed E-state index contributed by atoms with van der Waals surface area (Å²) in [7, 11) is 0. The van der Waals surface area contributed by atoms with Crippen molar-refractivity contribution in [2.45, 2.75) is 13.8 Å². The summed E-state index contributed by atoms with van der Waals surface area (Å²) in [6.07, 6.45) is 1.71. The molecule has 1 saturated heterocycles. The molecular formula is C15H16N2O3S. The highest BCUT2D eigenvalue weighted by molar-refractivity contribution is 8.18. The van der Waals surface area contributed by atoms with Crippen LogP contribution in [0.5, 0.6) is 0 Å². The molecule has 1 fully saturated rings. The number of imide groups is 1. The van der Waals surface area contributed by atoms with Gasteiger partial charge in [0.2, 0.25) is 5.91 Å². The van der Waals surface area contributed by atoms with E-state index in [1.807, 2.05) is 31.2 Å². The Morgan fingerprint density at radius 1 is 1.29 bits per heavy atom. The maximum Gasteiger partial charge on any atom is 0.293 e. The standard InChI is InChI=1S/C15H16N2O3S/c1-10-3-5-12(6-4-10)9-13-14(19)17(15(20)21-13)8-7-16-11(2)18/h3-6,9H,7-8H2,1-2H3,(H,16,18)/b13-9-. The third-order valence-electron chi connectivity index (χ3n) is 2.96. The molecule has 0 bridgehead atoms. The van der Waals surface area contributed by atoms with Crippen LogP contribution in [0.4, 0.5) is 4.79 Å². The number of nitrogens with zero attached hydrogens (tertiary/aromatic N) is 1. The second-order valence-corrected chi connectivity index (χ2v) is 5.72. The van der Waals surface area contributed by atoms with Gasteiger partial charge in [-0.05, 0) is 30.3 Å². The molecule has 21 heavy (non-hydrogen) atoms. The number of thioether (sulfide) groups is 1. The van der Waals surface area contributed by atoms with E-state index in [0.717, 1.165) is 27.8 Å². The lowest BCUT2D eigenvalue weighted by molar-refractivity contribution is -0.123. The first-order valence-electron chi connectivity index (χ1n) is 6.54. The Balaban J connectivity index is 2.06. The van der Waals surface area contributed by atoms with Crippen molar-refractivity contribution in [2.75, 3.05) is 13.1 Å². The number of benzene rings is 1. The minimum Gasteiger partial charge on any atom is -0.355 e. The van der Waals surface area contributed by atoms with E-state index in [4.69, 9.17) is 0 Å². The molecule has 0 aliphatic carbocycles. The first kappa shape index (κ1) is 15.3. The van der Waals surface area contributed by atoms with Crippen LogP contribution in [0, 0.1) is 6.92 Å². The molecule has 3 amide bonds. The van der Waals surface area contributed by atoms with Gasteiger partial charge in [0.1, 0.15) is 0 Å². The largest absolute Gasteiger partial charge is 0.355 e. The highest BCUT2D eigenvalue weighted by atomic mass is 32.2. The summed E-state index contributed by atoms with van der Waals surface area (Å²) in [5.74, 6) is -0.493. The number of amides is 3. The summed E-state index contributed by atoms with van der Waals surface area (Å²) in [6.45, 7) is 3.84. The van der Waals surface area contributed by atoms with Crippen molar-refractivity contribution in [3.8, 4) is 0 Å². The molecular weight excluding hydrogens is 288 g/mol. The quantitative estimate of drug-likeness (QED) is 0.866. The highest BCUT2D eigenvalue weighted by Gasteiger charge is 2.34. The van der Waals surface area contributed by atoms with Crippen molar-refractivity contribution < 1.29 is 14.4 Å². The lowest BCUT2D eigenvalue weighted by Gasteiger charge is -2.12. The minimum atomic E-state index is -0.309. The van der Waals surface area contributed by atoms with Crippen molar-refractivity contribution in [2.24, 2.45) is 0 Å². The zero-order chi connectivity index (χ0) is 15.4. The predicted molar refractivity (Wildman–Crippen MR) is 82.5 cm³/mol. The van der Waals surface area contributed by atoms with Crippen molar-refractivity contribution in [3.05, 3.63) is 40.3 Å². The van der Waals surface area contributed by atoms with Crippen LogP contribution < -0.4 is 5.32 Å². The number of rotatable bonds is 4. The monoisotopic (exact) mass is 304 g/mol. The summed E-state index contributed by atoms with van der Waals surface area (Å²) in [6, 6.07) is 7.71. The number of nitrogens with one attached hydrogen (secondary N) is 1. The summed E-state index contributed by atoms with van der Waals surface area (Å²) in [5.41, 5.74) is 2.02. The Kier molecular flexibility index (Phi) is 4.80. The molecule has 0 aromatic heterocycles. The SMILES string of the molecule is CC(=O)NCCN1C(=O)S/C(=C\c2ccc(C)cc2)C1=O. The van der Waals surface area contributed by atoms with Gasteiger partial charge >= 0.3 is 0 Å². The van der Waals surface area contributed by atoms with Crippen LogP contribution in [0.1, 0.15) is 18.1 Å². The second kappa shape index (κ2) is 6.58. The van der Waals surface area contributed by atoms with Gasteiger partial charge in [-0.1, -0.05) is 29.8 Å². The molecule has 0 atom stereocenters. The first-order chi connectivity index (χ1) is 9.97. The van der Waals surface area contributed by atoms with Crippen molar-refractivity contribution in [3.63, 3.8) is 0 Å². The van der Waals surface area contributed by atoms with Crippen LogP contribution in [0.2, 0.25) is 0 Å². The number of carbonyl (C=O) groups is 3.